The number of phosphoric ester groups is 2. The first-order valence-corrected chi connectivity index (χ1v) is 41.9. The first kappa shape index (κ1) is 93.0. The van der Waals surface area contributed by atoms with Crippen molar-refractivity contribution in [1.29, 1.82) is 0 Å². The van der Waals surface area contributed by atoms with Crippen LogP contribution in [0, 0.1) is 0 Å². The summed E-state index contributed by atoms with van der Waals surface area (Å²) in [6, 6.07) is 0. The van der Waals surface area contributed by atoms with E-state index in [0.29, 0.717) is 25.7 Å². The van der Waals surface area contributed by atoms with Crippen molar-refractivity contribution < 1.29 is 80.2 Å². The van der Waals surface area contributed by atoms with Crippen molar-refractivity contribution >= 4 is 39.5 Å². The predicted octanol–water partition coefficient (Wildman–Crippen LogP) is 22.1. The lowest BCUT2D eigenvalue weighted by molar-refractivity contribution is -0.161. The maximum atomic E-state index is 13.1. The van der Waals surface area contributed by atoms with Crippen molar-refractivity contribution in [2.24, 2.45) is 0 Å². The number of aliphatic hydroxyl groups is 1. The monoisotopic (exact) mass is 1400 g/mol. The number of esters is 4. The number of carbonyl (C=O) groups excluding carboxylic acids is 4. The van der Waals surface area contributed by atoms with Crippen LogP contribution in [-0.4, -0.2) is 96.7 Å². The summed E-state index contributed by atoms with van der Waals surface area (Å²) in [5.41, 5.74) is 0. The van der Waals surface area contributed by atoms with E-state index in [1.165, 1.54) is 148 Å². The van der Waals surface area contributed by atoms with E-state index in [1.54, 1.807) is 0 Å². The summed E-state index contributed by atoms with van der Waals surface area (Å²) in [5, 5.41) is 10.6. The standard InChI is InChI=1S/C77H142O17P2/c1-5-9-13-17-21-25-29-33-35-39-42-46-50-54-58-62-75(80)88-68-73(94-77(82)64-60-56-52-48-44-40-36-34-30-26-22-18-14-10-6-2)70-92-96(85,86)90-66-71(78)65-89-95(83,84)91-69-72(93-76(81)63-59-55-51-47-43-38-32-28-24-20-16-12-8-4)67-87-74(79)61-57-53-49-45-41-37-31-27-23-19-15-11-7-3/h26,28,30,32-36,71-73,78H,5-25,27,29,31,37-70H2,1-4H3,(H,83,84)(H,85,86)/b30-26-,32-28-,35-33-,36-34-/t71-,72-,73-/m1/s1. The lowest BCUT2D eigenvalue weighted by atomic mass is 10.0. The third-order valence-electron chi connectivity index (χ3n) is 16.8. The topological polar surface area (TPSA) is 237 Å². The van der Waals surface area contributed by atoms with E-state index in [-0.39, 0.29) is 25.7 Å². The van der Waals surface area contributed by atoms with Gasteiger partial charge in [-0.2, -0.15) is 0 Å². The quantitative estimate of drug-likeness (QED) is 0.0128. The number of unbranched alkanes of at least 4 members (excludes halogenated alkanes) is 41. The summed E-state index contributed by atoms with van der Waals surface area (Å²) in [6.45, 7) is 4.86. The summed E-state index contributed by atoms with van der Waals surface area (Å²) in [4.78, 5) is 72.8. The molecule has 0 rings (SSSR count). The SMILES string of the molecule is CCCCCC/C=C\C=C/CCCCCCCC(=O)O[C@H](COC(=O)CCCCCCC/C=C\CCCCCCCC)COP(=O)(O)OC[C@H](O)COP(=O)(O)OC[C@@H](COC(=O)CCCCCCCCCCCCCCC)OC(=O)CCCCCCC/C=C\CCCCCC. The first-order chi connectivity index (χ1) is 46.7. The molecule has 562 valence electrons. The van der Waals surface area contributed by atoms with Gasteiger partial charge in [-0.1, -0.05) is 282 Å². The average molecular weight is 1400 g/mol. The molecule has 0 bridgehead atoms. The number of carbonyl (C=O) groups is 4. The molecule has 0 amide bonds. The van der Waals surface area contributed by atoms with E-state index in [9.17, 15) is 43.2 Å². The molecule has 19 heteroatoms. The van der Waals surface area contributed by atoms with Crippen molar-refractivity contribution in [3.8, 4) is 0 Å². The highest BCUT2D eigenvalue weighted by molar-refractivity contribution is 7.47. The Morgan fingerprint density at radius 1 is 0.292 bits per heavy atom. The molecule has 0 spiro atoms. The van der Waals surface area contributed by atoms with Gasteiger partial charge >= 0.3 is 39.5 Å². The van der Waals surface area contributed by atoms with Crippen LogP contribution < -0.4 is 0 Å². The Labute approximate surface area is 585 Å². The highest BCUT2D eigenvalue weighted by Gasteiger charge is 2.30. The Balaban J connectivity index is 5.33. The molecule has 0 aliphatic rings. The number of ether oxygens (including phenoxy) is 4. The van der Waals surface area contributed by atoms with Gasteiger partial charge in [0.15, 0.2) is 12.2 Å². The molecule has 3 N–H and O–H groups in total. The van der Waals surface area contributed by atoms with E-state index >= 15 is 0 Å². The summed E-state index contributed by atoms with van der Waals surface area (Å²) < 4.78 is 68.5. The molecule has 0 aliphatic heterocycles. The molecule has 0 aromatic rings. The van der Waals surface area contributed by atoms with Gasteiger partial charge in [-0.3, -0.25) is 37.3 Å². The van der Waals surface area contributed by atoms with Crippen LogP contribution in [0.5, 0.6) is 0 Å². The Hall–Kier alpha value is -2.98. The summed E-state index contributed by atoms with van der Waals surface area (Å²) in [7, 11) is -9.94. The Kier molecular flexibility index (Phi) is 68.3. The minimum Gasteiger partial charge on any atom is -0.462 e. The van der Waals surface area contributed by atoms with E-state index in [0.717, 1.165) is 135 Å². The number of aliphatic hydroxyl groups excluding tert-OH is 1. The van der Waals surface area contributed by atoms with Crippen LogP contribution in [0.25, 0.3) is 0 Å². The average Bonchev–Trinajstić information content (AvgIpc) is 1.43. The summed E-state index contributed by atoms with van der Waals surface area (Å²) >= 11 is 0. The number of hydrogen-bond acceptors (Lipinski definition) is 15. The van der Waals surface area contributed by atoms with Gasteiger partial charge in [0, 0.05) is 25.7 Å². The highest BCUT2D eigenvalue weighted by Crippen LogP contribution is 2.45. The fourth-order valence-electron chi connectivity index (χ4n) is 10.8. The van der Waals surface area contributed by atoms with Crippen molar-refractivity contribution in [3.05, 3.63) is 48.6 Å². The van der Waals surface area contributed by atoms with Gasteiger partial charge in [-0.05, 0) is 103 Å². The van der Waals surface area contributed by atoms with Crippen LogP contribution in [-0.2, 0) is 65.4 Å². The lowest BCUT2D eigenvalue weighted by Crippen LogP contribution is -2.30. The second-order valence-electron chi connectivity index (χ2n) is 26.3. The number of allylic oxidation sites excluding steroid dienone is 8. The van der Waals surface area contributed by atoms with Gasteiger partial charge in [0.05, 0.1) is 26.4 Å². The minimum absolute atomic E-state index is 0.0805. The lowest BCUT2D eigenvalue weighted by Gasteiger charge is -2.21. The predicted molar refractivity (Wildman–Crippen MR) is 390 cm³/mol. The van der Waals surface area contributed by atoms with Gasteiger partial charge in [-0.25, -0.2) is 9.13 Å². The van der Waals surface area contributed by atoms with Gasteiger partial charge < -0.3 is 33.8 Å². The molecule has 17 nitrogen and oxygen atoms in total. The van der Waals surface area contributed by atoms with Crippen molar-refractivity contribution in [1.82, 2.24) is 0 Å². The Bertz CT molecular complexity index is 2010. The fraction of sp³-hybridized carbons (Fsp3) is 0.844. The van der Waals surface area contributed by atoms with Gasteiger partial charge in [-0.15, -0.1) is 0 Å². The Morgan fingerprint density at radius 3 is 0.792 bits per heavy atom. The highest BCUT2D eigenvalue weighted by atomic mass is 31.2. The van der Waals surface area contributed by atoms with Crippen LogP contribution in [0.1, 0.15) is 362 Å². The largest absolute Gasteiger partial charge is 0.472 e. The Morgan fingerprint density at radius 2 is 0.510 bits per heavy atom. The van der Waals surface area contributed by atoms with Crippen molar-refractivity contribution in [3.63, 3.8) is 0 Å². The zero-order valence-electron chi connectivity index (χ0n) is 61.3. The van der Waals surface area contributed by atoms with Crippen molar-refractivity contribution in [2.45, 2.75) is 380 Å². The van der Waals surface area contributed by atoms with Crippen LogP contribution in [0.15, 0.2) is 48.6 Å². The van der Waals surface area contributed by atoms with Gasteiger partial charge in [0.2, 0.25) is 0 Å². The normalized spacial score (nSPS) is 14.2. The molecule has 0 saturated heterocycles. The number of rotatable bonds is 74. The third-order valence-corrected chi connectivity index (χ3v) is 18.7. The van der Waals surface area contributed by atoms with Crippen LogP contribution in [0.2, 0.25) is 0 Å². The van der Waals surface area contributed by atoms with Crippen LogP contribution in [0.4, 0.5) is 0 Å². The second kappa shape index (κ2) is 70.5. The third kappa shape index (κ3) is 69.5. The summed E-state index contributed by atoms with van der Waals surface area (Å²) in [6.07, 6.45) is 66.6. The van der Waals surface area contributed by atoms with E-state index in [4.69, 9.17) is 37.0 Å². The molecular formula is C77H142O17P2. The van der Waals surface area contributed by atoms with E-state index in [1.807, 2.05) is 0 Å². The number of hydrogen-bond donors (Lipinski definition) is 3. The molecule has 0 aliphatic carbocycles. The number of phosphoric acid groups is 2. The molecule has 2 unspecified atom stereocenters. The second-order valence-corrected chi connectivity index (χ2v) is 29.2. The molecule has 0 saturated carbocycles. The van der Waals surface area contributed by atoms with Crippen LogP contribution in [0.3, 0.4) is 0 Å². The molecule has 5 atom stereocenters. The molecule has 0 aromatic carbocycles. The maximum absolute atomic E-state index is 13.1. The minimum atomic E-state index is -4.97. The molecular weight excluding hydrogens is 1260 g/mol. The van der Waals surface area contributed by atoms with Gasteiger partial charge in [0.25, 0.3) is 0 Å². The maximum Gasteiger partial charge on any atom is 0.472 e. The smallest absolute Gasteiger partial charge is 0.462 e. The molecule has 0 aromatic heterocycles. The zero-order chi connectivity index (χ0) is 70.4. The van der Waals surface area contributed by atoms with E-state index < -0.39 is 97.5 Å². The molecule has 0 radical (unpaired) electrons. The van der Waals surface area contributed by atoms with Gasteiger partial charge in [0.1, 0.15) is 19.3 Å². The summed E-state index contributed by atoms with van der Waals surface area (Å²) in [5.74, 6) is -2.18. The molecule has 0 heterocycles. The van der Waals surface area contributed by atoms with Crippen LogP contribution >= 0.6 is 15.6 Å². The zero-order valence-corrected chi connectivity index (χ0v) is 63.1. The molecule has 0 fully saturated rings. The fourth-order valence-corrected chi connectivity index (χ4v) is 12.4. The van der Waals surface area contributed by atoms with E-state index in [2.05, 4.69) is 76.3 Å². The first-order valence-electron chi connectivity index (χ1n) is 38.9. The molecule has 96 heavy (non-hydrogen) atoms. The van der Waals surface area contributed by atoms with Crippen molar-refractivity contribution in [2.75, 3.05) is 39.6 Å².